The Morgan fingerprint density at radius 3 is 2.70 bits per heavy atom. The minimum atomic E-state index is -1.07. The molecule has 1 heterocycles. The number of carboxylic acid groups (broad SMARTS) is 1. The van der Waals surface area contributed by atoms with Crippen LogP contribution in [0.2, 0.25) is 0 Å². The molecular formula is C14H18N4O2. The molecule has 6 nitrogen and oxygen atoms in total. The number of hydrogen-bond acceptors (Lipinski definition) is 4. The number of hydrogen-bond donors (Lipinski definition) is 2. The summed E-state index contributed by atoms with van der Waals surface area (Å²) in [6, 6.07) is 6.13. The number of aromatic nitrogens is 3. The molecule has 2 aromatic rings. The van der Waals surface area contributed by atoms with Gasteiger partial charge in [-0.2, -0.15) is 0 Å². The molecule has 0 bridgehead atoms. The first-order chi connectivity index (χ1) is 9.52. The second kappa shape index (κ2) is 5.83. The van der Waals surface area contributed by atoms with Crippen molar-refractivity contribution >= 4 is 5.97 Å². The van der Waals surface area contributed by atoms with Crippen LogP contribution in [-0.2, 0) is 13.0 Å². The maximum Gasteiger partial charge on any atom is 0.358 e. The molecule has 0 saturated carbocycles. The van der Waals surface area contributed by atoms with E-state index in [0.29, 0.717) is 25.2 Å². The van der Waals surface area contributed by atoms with Crippen LogP contribution in [0, 0.1) is 13.8 Å². The van der Waals surface area contributed by atoms with E-state index in [4.69, 9.17) is 10.8 Å². The maximum absolute atomic E-state index is 11.1. The van der Waals surface area contributed by atoms with Gasteiger partial charge < -0.3 is 10.8 Å². The molecule has 2 rings (SSSR count). The first-order valence-electron chi connectivity index (χ1n) is 6.44. The van der Waals surface area contributed by atoms with Crippen molar-refractivity contribution < 1.29 is 9.90 Å². The van der Waals surface area contributed by atoms with Gasteiger partial charge in [0.1, 0.15) is 0 Å². The average molecular weight is 274 g/mol. The van der Waals surface area contributed by atoms with Gasteiger partial charge in [-0.15, -0.1) is 5.10 Å². The lowest BCUT2D eigenvalue weighted by atomic mass is 10.1. The number of nitrogens with two attached hydrogens (primary N) is 1. The highest BCUT2D eigenvalue weighted by Crippen LogP contribution is 2.13. The fraction of sp³-hybridized carbons (Fsp3) is 0.357. The van der Waals surface area contributed by atoms with Gasteiger partial charge in [-0.1, -0.05) is 23.4 Å². The normalized spacial score (nSPS) is 10.8. The molecule has 20 heavy (non-hydrogen) atoms. The summed E-state index contributed by atoms with van der Waals surface area (Å²) in [6.45, 7) is 4.96. The summed E-state index contributed by atoms with van der Waals surface area (Å²) in [5, 5.41) is 16.8. The molecule has 106 valence electrons. The zero-order valence-electron chi connectivity index (χ0n) is 11.6. The Labute approximate surface area is 117 Å². The van der Waals surface area contributed by atoms with E-state index in [-0.39, 0.29) is 5.69 Å². The first kappa shape index (κ1) is 14.2. The topological polar surface area (TPSA) is 94.0 Å². The zero-order valence-corrected chi connectivity index (χ0v) is 11.6. The molecular weight excluding hydrogens is 256 g/mol. The number of benzene rings is 1. The van der Waals surface area contributed by atoms with E-state index in [9.17, 15) is 4.79 Å². The number of carbonyl (C=O) groups is 1. The molecule has 0 atom stereocenters. The van der Waals surface area contributed by atoms with Crippen LogP contribution in [0.3, 0.4) is 0 Å². The highest BCUT2D eigenvalue weighted by molar-refractivity contribution is 5.86. The molecule has 1 aromatic heterocycles. The SMILES string of the molecule is Cc1ccc(Cn2nnc(C(=O)O)c2CCN)cc1C. The summed E-state index contributed by atoms with van der Waals surface area (Å²) in [4.78, 5) is 11.1. The smallest absolute Gasteiger partial charge is 0.358 e. The summed E-state index contributed by atoms with van der Waals surface area (Å²) < 4.78 is 1.61. The summed E-state index contributed by atoms with van der Waals surface area (Å²) >= 11 is 0. The fourth-order valence-corrected chi connectivity index (χ4v) is 2.08. The fourth-order valence-electron chi connectivity index (χ4n) is 2.08. The maximum atomic E-state index is 11.1. The minimum absolute atomic E-state index is 0.0146. The molecule has 0 aliphatic carbocycles. The van der Waals surface area contributed by atoms with Crippen LogP contribution in [-0.4, -0.2) is 32.6 Å². The Bertz CT molecular complexity index is 634. The second-order valence-electron chi connectivity index (χ2n) is 4.80. The number of nitrogens with zero attached hydrogens (tertiary/aromatic N) is 3. The molecule has 0 amide bonds. The van der Waals surface area contributed by atoms with E-state index in [1.165, 1.54) is 11.1 Å². The summed E-state index contributed by atoms with van der Waals surface area (Å²) in [5.74, 6) is -1.07. The molecule has 0 aliphatic heterocycles. The van der Waals surface area contributed by atoms with Gasteiger partial charge in [0, 0.05) is 6.42 Å². The molecule has 1 aromatic carbocycles. The Morgan fingerprint density at radius 1 is 1.35 bits per heavy atom. The van der Waals surface area contributed by atoms with Crippen LogP contribution in [0.4, 0.5) is 0 Å². The number of carboxylic acids is 1. The van der Waals surface area contributed by atoms with Crippen LogP contribution < -0.4 is 5.73 Å². The molecule has 0 saturated heterocycles. The molecule has 0 unspecified atom stereocenters. The third kappa shape index (κ3) is 2.85. The van der Waals surface area contributed by atoms with E-state index in [0.717, 1.165) is 5.56 Å². The lowest BCUT2D eigenvalue weighted by Gasteiger charge is -2.08. The van der Waals surface area contributed by atoms with Crippen LogP contribution in [0.25, 0.3) is 0 Å². The standard InChI is InChI=1S/C14H18N4O2/c1-9-3-4-11(7-10(9)2)8-18-12(5-6-15)13(14(19)20)16-17-18/h3-4,7H,5-6,8,15H2,1-2H3,(H,19,20). The van der Waals surface area contributed by atoms with Gasteiger partial charge in [0.15, 0.2) is 5.69 Å². The highest BCUT2D eigenvalue weighted by atomic mass is 16.4. The summed E-state index contributed by atoms with van der Waals surface area (Å²) in [7, 11) is 0. The first-order valence-corrected chi connectivity index (χ1v) is 6.44. The third-order valence-corrected chi connectivity index (χ3v) is 3.32. The number of aromatic carboxylic acids is 1. The van der Waals surface area contributed by atoms with E-state index < -0.39 is 5.97 Å². The predicted octanol–water partition coefficient (Wildman–Crippen LogP) is 1.14. The van der Waals surface area contributed by atoms with Crippen molar-refractivity contribution in [3.63, 3.8) is 0 Å². The van der Waals surface area contributed by atoms with Gasteiger partial charge in [-0.05, 0) is 37.1 Å². The lowest BCUT2D eigenvalue weighted by Crippen LogP contribution is -2.14. The van der Waals surface area contributed by atoms with Crippen molar-refractivity contribution in [2.24, 2.45) is 5.73 Å². The van der Waals surface area contributed by atoms with Crippen molar-refractivity contribution in [2.45, 2.75) is 26.8 Å². The predicted molar refractivity (Wildman–Crippen MR) is 74.8 cm³/mol. The Morgan fingerprint density at radius 2 is 2.10 bits per heavy atom. The van der Waals surface area contributed by atoms with Crippen LogP contribution in [0.15, 0.2) is 18.2 Å². The lowest BCUT2D eigenvalue weighted by molar-refractivity contribution is 0.0689. The van der Waals surface area contributed by atoms with E-state index >= 15 is 0 Å². The molecule has 0 fully saturated rings. The Hall–Kier alpha value is -2.21. The average Bonchev–Trinajstić information content (AvgIpc) is 2.78. The van der Waals surface area contributed by atoms with Crippen molar-refractivity contribution in [2.75, 3.05) is 6.54 Å². The summed E-state index contributed by atoms with van der Waals surface area (Å²) in [6.07, 6.45) is 0.444. The molecule has 0 aliphatic rings. The minimum Gasteiger partial charge on any atom is -0.476 e. The molecule has 0 radical (unpaired) electrons. The molecule has 3 N–H and O–H groups in total. The summed E-state index contributed by atoms with van der Waals surface area (Å²) in [5.41, 5.74) is 9.57. The van der Waals surface area contributed by atoms with E-state index in [1.54, 1.807) is 4.68 Å². The van der Waals surface area contributed by atoms with Gasteiger partial charge in [0.2, 0.25) is 0 Å². The van der Waals surface area contributed by atoms with Crippen LogP contribution in [0.5, 0.6) is 0 Å². The van der Waals surface area contributed by atoms with Gasteiger partial charge in [-0.3, -0.25) is 0 Å². The molecule has 6 heteroatoms. The zero-order chi connectivity index (χ0) is 14.7. The monoisotopic (exact) mass is 274 g/mol. The number of rotatable bonds is 5. The van der Waals surface area contributed by atoms with Gasteiger partial charge in [0.05, 0.1) is 12.2 Å². The van der Waals surface area contributed by atoms with Gasteiger partial charge in [0.25, 0.3) is 0 Å². The second-order valence-corrected chi connectivity index (χ2v) is 4.80. The van der Waals surface area contributed by atoms with Crippen molar-refractivity contribution in [1.82, 2.24) is 15.0 Å². The van der Waals surface area contributed by atoms with E-state index in [1.807, 2.05) is 19.1 Å². The molecule has 0 spiro atoms. The Kier molecular flexibility index (Phi) is 4.14. The van der Waals surface area contributed by atoms with Crippen molar-refractivity contribution in [3.8, 4) is 0 Å². The van der Waals surface area contributed by atoms with Crippen molar-refractivity contribution in [3.05, 3.63) is 46.3 Å². The quantitative estimate of drug-likeness (QED) is 0.852. The van der Waals surface area contributed by atoms with E-state index in [2.05, 4.69) is 23.3 Å². The highest BCUT2D eigenvalue weighted by Gasteiger charge is 2.18. The van der Waals surface area contributed by atoms with Gasteiger partial charge >= 0.3 is 5.97 Å². The largest absolute Gasteiger partial charge is 0.476 e. The Balaban J connectivity index is 2.32. The van der Waals surface area contributed by atoms with Crippen molar-refractivity contribution in [1.29, 1.82) is 0 Å². The van der Waals surface area contributed by atoms with Crippen LogP contribution in [0.1, 0.15) is 32.9 Å². The van der Waals surface area contributed by atoms with Gasteiger partial charge in [-0.25, -0.2) is 9.48 Å². The van der Waals surface area contributed by atoms with Crippen LogP contribution >= 0.6 is 0 Å². The third-order valence-electron chi connectivity index (χ3n) is 3.32. The number of aryl methyl sites for hydroxylation is 2.